The summed E-state index contributed by atoms with van der Waals surface area (Å²) in [5.74, 6) is 2.84. The number of aliphatic hydroxyl groups excluding tert-OH is 1. The fourth-order valence-corrected chi connectivity index (χ4v) is 2.77. The Morgan fingerprint density at radius 1 is 1.29 bits per heavy atom. The first-order chi connectivity index (χ1) is 10.2. The molecular weight excluding hydrogens is 264 g/mol. The number of hydrogen-bond donors (Lipinski definition) is 2. The van der Waals surface area contributed by atoms with E-state index in [-0.39, 0.29) is 6.61 Å². The summed E-state index contributed by atoms with van der Waals surface area (Å²) in [6, 6.07) is 0.523. The highest BCUT2D eigenvalue weighted by Crippen LogP contribution is 2.32. The molecule has 1 fully saturated rings. The molecule has 1 aromatic heterocycles. The Kier molecular flexibility index (Phi) is 5.79. The number of aromatic nitrogens is 2. The van der Waals surface area contributed by atoms with Crippen LogP contribution in [-0.2, 0) is 6.42 Å². The van der Waals surface area contributed by atoms with Gasteiger partial charge in [-0.3, -0.25) is 0 Å². The van der Waals surface area contributed by atoms with Crippen molar-refractivity contribution < 1.29 is 5.11 Å². The first-order valence-corrected chi connectivity index (χ1v) is 8.20. The zero-order chi connectivity index (χ0) is 15.2. The first-order valence-electron chi connectivity index (χ1n) is 8.20. The fraction of sp³-hybridized carbons (Fsp3) is 0.750. The van der Waals surface area contributed by atoms with Gasteiger partial charge in [-0.15, -0.1) is 0 Å². The van der Waals surface area contributed by atoms with Gasteiger partial charge in [0.2, 0.25) is 0 Å². The number of aliphatic hydroxyl groups is 1. The number of anilines is 2. The minimum Gasteiger partial charge on any atom is -0.395 e. The smallest absolute Gasteiger partial charge is 0.137 e. The van der Waals surface area contributed by atoms with E-state index in [9.17, 15) is 5.11 Å². The Balaban J connectivity index is 2.37. The largest absolute Gasteiger partial charge is 0.395 e. The van der Waals surface area contributed by atoms with Crippen LogP contribution in [0.15, 0.2) is 0 Å². The second kappa shape index (κ2) is 7.59. The number of rotatable bonds is 8. The first kappa shape index (κ1) is 16.0. The van der Waals surface area contributed by atoms with Gasteiger partial charge in [0.25, 0.3) is 0 Å². The Morgan fingerprint density at radius 3 is 2.57 bits per heavy atom. The molecule has 0 aliphatic heterocycles. The van der Waals surface area contributed by atoms with E-state index >= 15 is 0 Å². The van der Waals surface area contributed by atoms with Crippen molar-refractivity contribution in [3.8, 4) is 0 Å². The van der Waals surface area contributed by atoms with E-state index in [2.05, 4.69) is 36.0 Å². The minimum atomic E-state index is 0.166. The molecule has 0 atom stereocenters. The van der Waals surface area contributed by atoms with Gasteiger partial charge in [-0.25, -0.2) is 9.97 Å². The van der Waals surface area contributed by atoms with Gasteiger partial charge in [-0.05, 0) is 39.5 Å². The van der Waals surface area contributed by atoms with Crippen molar-refractivity contribution in [1.82, 2.24) is 9.97 Å². The van der Waals surface area contributed by atoms with E-state index in [1.807, 2.05) is 0 Å². The maximum absolute atomic E-state index is 9.40. The van der Waals surface area contributed by atoms with E-state index in [1.165, 1.54) is 19.3 Å². The van der Waals surface area contributed by atoms with Crippen molar-refractivity contribution in [3.05, 3.63) is 11.4 Å². The maximum Gasteiger partial charge on any atom is 0.137 e. The van der Waals surface area contributed by atoms with Gasteiger partial charge in [-0.1, -0.05) is 6.92 Å². The van der Waals surface area contributed by atoms with Crippen molar-refractivity contribution in [2.75, 3.05) is 29.9 Å². The molecular formula is C16H28N4O. The molecule has 0 spiro atoms. The molecule has 0 amide bonds. The Morgan fingerprint density at radius 2 is 2.05 bits per heavy atom. The van der Waals surface area contributed by atoms with E-state index in [0.29, 0.717) is 12.6 Å². The van der Waals surface area contributed by atoms with Crippen molar-refractivity contribution in [1.29, 1.82) is 0 Å². The molecule has 1 saturated carbocycles. The lowest BCUT2D eigenvalue weighted by Gasteiger charge is -2.39. The van der Waals surface area contributed by atoms with Gasteiger partial charge in [0.05, 0.1) is 6.61 Å². The molecule has 5 nitrogen and oxygen atoms in total. The van der Waals surface area contributed by atoms with Crippen LogP contribution < -0.4 is 10.2 Å². The molecule has 0 unspecified atom stereocenters. The third kappa shape index (κ3) is 3.64. The molecule has 1 heterocycles. The topological polar surface area (TPSA) is 61.3 Å². The predicted molar refractivity (Wildman–Crippen MR) is 87.0 cm³/mol. The Hall–Kier alpha value is -1.36. The van der Waals surface area contributed by atoms with Crippen LogP contribution in [0.5, 0.6) is 0 Å². The van der Waals surface area contributed by atoms with Crippen LogP contribution in [0, 0.1) is 6.92 Å². The van der Waals surface area contributed by atoms with E-state index < -0.39 is 0 Å². The summed E-state index contributed by atoms with van der Waals surface area (Å²) in [4.78, 5) is 11.7. The zero-order valence-corrected chi connectivity index (χ0v) is 13.5. The maximum atomic E-state index is 9.40. The zero-order valence-electron chi connectivity index (χ0n) is 13.5. The average molecular weight is 292 g/mol. The summed E-state index contributed by atoms with van der Waals surface area (Å²) >= 11 is 0. The summed E-state index contributed by atoms with van der Waals surface area (Å²) in [5, 5.41) is 12.7. The number of hydrogen-bond acceptors (Lipinski definition) is 5. The van der Waals surface area contributed by atoms with Crippen LogP contribution >= 0.6 is 0 Å². The van der Waals surface area contributed by atoms with Gasteiger partial charge in [0.1, 0.15) is 17.5 Å². The Labute approximate surface area is 127 Å². The number of nitrogens with one attached hydrogen (secondary N) is 1. The highest BCUT2D eigenvalue weighted by molar-refractivity contribution is 5.59. The fourth-order valence-electron chi connectivity index (χ4n) is 2.77. The number of aryl methyl sites for hydroxylation is 1. The van der Waals surface area contributed by atoms with Gasteiger partial charge >= 0.3 is 0 Å². The molecule has 0 bridgehead atoms. The molecule has 118 valence electrons. The van der Waals surface area contributed by atoms with Crippen molar-refractivity contribution >= 4 is 11.6 Å². The third-order valence-corrected chi connectivity index (χ3v) is 4.11. The lowest BCUT2D eigenvalue weighted by molar-refractivity contribution is 0.282. The lowest BCUT2D eigenvalue weighted by atomic mass is 9.91. The second-order valence-corrected chi connectivity index (χ2v) is 5.72. The highest BCUT2D eigenvalue weighted by atomic mass is 16.3. The van der Waals surface area contributed by atoms with Crippen LogP contribution in [0.1, 0.15) is 50.9 Å². The van der Waals surface area contributed by atoms with E-state index in [1.54, 1.807) is 0 Å². The standard InChI is InChI=1S/C16H28N4O/c1-4-7-14-18-15(17-5-2)12(3)16(19-14)20(10-11-21)13-8-6-9-13/h13,21H,4-11H2,1-3H3,(H,17,18,19). The van der Waals surface area contributed by atoms with Crippen LogP contribution in [0.25, 0.3) is 0 Å². The van der Waals surface area contributed by atoms with Crippen LogP contribution in [0.3, 0.4) is 0 Å². The summed E-state index contributed by atoms with van der Waals surface area (Å²) < 4.78 is 0. The highest BCUT2D eigenvalue weighted by Gasteiger charge is 2.28. The SMILES string of the molecule is CCCc1nc(NCC)c(C)c(N(CCO)C2CCC2)n1. The quantitative estimate of drug-likeness (QED) is 0.771. The summed E-state index contributed by atoms with van der Waals surface area (Å²) in [6.45, 7) is 7.98. The van der Waals surface area contributed by atoms with Crippen molar-refractivity contribution in [3.63, 3.8) is 0 Å². The van der Waals surface area contributed by atoms with Crippen LogP contribution in [-0.4, -0.2) is 40.8 Å². The molecule has 21 heavy (non-hydrogen) atoms. The van der Waals surface area contributed by atoms with E-state index in [0.717, 1.165) is 42.4 Å². The summed E-state index contributed by atoms with van der Waals surface area (Å²) in [6.07, 6.45) is 5.60. The van der Waals surface area contributed by atoms with Gasteiger partial charge in [-0.2, -0.15) is 0 Å². The minimum absolute atomic E-state index is 0.166. The monoisotopic (exact) mass is 292 g/mol. The molecule has 1 aliphatic rings. The third-order valence-electron chi connectivity index (χ3n) is 4.11. The summed E-state index contributed by atoms with van der Waals surface area (Å²) in [7, 11) is 0. The molecule has 2 rings (SSSR count). The second-order valence-electron chi connectivity index (χ2n) is 5.72. The molecule has 1 aromatic rings. The molecule has 1 aliphatic carbocycles. The van der Waals surface area contributed by atoms with Crippen molar-refractivity contribution in [2.24, 2.45) is 0 Å². The predicted octanol–water partition coefficient (Wildman–Crippen LogP) is 2.52. The van der Waals surface area contributed by atoms with Crippen molar-refractivity contribution in [2.45, 2.75) is 58.9 Å². The molecule has 0 saturated heterocycles. The lowest BCUT2D eigenvalue weighted by Crippen LogP contribution is -2.43. The van der Waals surface area contributed by atoms with E-state index in [4.69, 9.17) is 4.98 Å². The molecule has 2 N–H and O–H groups in total. The normalized spacial score (nSPS) is 14.9. The van der Waals surface area contributed by atoms with Gasteiger partial charge in [0.15, 0.2) is 0 Å². The van der Waals surface area contributed by atoms with Gasteiger partial charge in [0, 0.05) is 31.1 Å². The molecule has 5 heteroatoms. The van der Waals surface area contributed by atoms with Crippen LogP contribution in [0.4, 0.5) is 11.6 Å². The Bertz CT molecular complexity index is 460. The molecule has 0 radical (unpaired) electrons. The summed E-state index contributed by atoms with van der Waals surface area (Å²) in [5.41, 5.74) is 1.09. The van der Waals surface area contributed by atoms with Gasteiger partial charge < -0.3 is 15.3 Å². The molecule has 0 aromatic carbocycles. The average Bonchev–Trinajstić information content (AvgIpc) is 2.40. The van der Waals surface area contributed by atoms with Crippen LogP contribution in [0.2, 0.25) is 0 Å². The number of nitrogens with zero attached hydrogens (tertiary/aromatic N) is 3.